The molecular formula is C23H23N5O2. The van der Waals surface area contributed by atoms with Gasteiger partial charge in [-0.05, 0) is 32.3 Å². The van der Waals surface area contributed by atoms with Crippen molar-refractivity contribution >= 4 is 16.7 Å². The Hall–Kier alpha value is -3.21. The van der Waals surface area contributed by atoms with Crippen molar-refractivity contribution in [2.45, 2.75) is 38.2 Å². The molecule has 0 atom stereocenters. The quantitative estimate of drug-likeness (QED) is 0.543. The van der Waals surface area contributed by atoms with Gasteiger partial charge in [0.25, 0.3) is 0 Å². The Morgan fingerprint density at radius 2 is 1.93 bits per heavy atom. The van der Waals surface area contributed by atoms with Crippen molar-refractivity contribution in [1.29, 1.82) is 5.26 Å². The zero-order valence-corrected chi connectivity index (χ0v) is 17.0. The van der Waals surface area contributed by atoms with E-state index < -0.39 is 5.60 Å². The van der Waals surface area contributed by atoms with Crippen molar-refractivity contribution < 1.29 is 9.84 Å². The summed E-state index contributed by atoms with van der Waals surface area (Å²) in [6.45, 7) is 4.98. The van der Waals surface area contributed by atoms with Crippen molar-refractivity contribution in [3.05, 3.63) is 53.6 Å². The number of H-pyrrole nitrogens is 1. The van der Waals surface area contributed by atoms with Crippen LogP contribution < -0.4 is 0 Å². The lowest BCUT2D eigenvalue weighted by atomic mass is 9.93. The maximum Gasteiger partial charge on any atom is 0.156 e. The Kier molecular flexibility index (Phi) is 4.35. The molecule has 2 N–H and O–H groups in total. The molecular weight excluding hydrogens is 378 g/mol. The molecule has 1 saturated heterocycles. The van der Waals surface area contributed by atoms with E-state index in [0.717, 1.165) is 46.4 Å². The van der Waals surface area contributed by atoms with Crippen LogP contribution in [0.5, 0.6) is 0 Å². The lowest BCUT2D eigenvalue weighted by Gasteiger charge is -2.23. The van der Waals surface area contributed by atoms with Crippen LogP contribution in [0.1, 0.15) is 49.4 Å². The summed E-state index contributed by atoms with van der Waals surface area (Å²) in [7, 11) is 0. The first-order valence-corrected chi connectivity index (χ1v) is 10.2. The van der Waals surface area contributed by atoms with Gasteiger partial charge in [-0.1, -0.05) is 24.3 Å². The van der Waals surface area contributed by atoms with E-state index in [4.69, 9.17) is 14.7 Å². The van der Waals surface area contributed by atoms with Gasteiger partial charge in [-0.15, -0.1) is 0 Å². The van der Waals surface area contributed by atoms with Crippen LogP contribution in [-0.4, -0.2) is 37.7 Å². The molecule has 0 spiro atoms. The first-order valence-electron chi connectivity index (χ1n) is 10.2. The standard InChI is InChI=1S/C23H23N5O2/c1-23(2,29)17-5-3-14(4-6-17)18-21-19(15-7-9-30-10-8-15)27-22-20(28(21)13-26-18)16(11-24)12-25-22/h3-6,12-13,15,25,29H,7-10H2,1-2H3. The van der Waals surface area contributed by atoms with Gasteiger partial charge in [-0.3, -0.25) is 4.40 Å². The molecule has 152 valence electrons. The van der Waals surface area contributed by atoms with Crippen LogP contribution in [0.15, 0.2) is 36.8 Å². The SMILES string of the molecule is CC(C)(O)c1ccc(-c2ncn3c2c(C2CCOCC2)nc2[nH]cc(C#N)c23)cc1. The van der Waals surface area contributed by atoms with E-state index >= 15 is 0 Å². The number of nitrogens with one attached hydrogen (secondary N) is 1. The molecule has 4 heterocycles. The molecule has 1 aromatic carbocycles. The zero-order chi connectivity index (χ0) is 20.9. The van der Waals surface area contributed by atoms with Crippen molar-refractivity contribution in [3.63, 3.8) is 0 Å². The van der Waals surface area contributed by atoms with E-state index in [1.807, 2.05) is 28.7 Å². The Labute approximate surface area is 174 Å². The molecule has 7 heteroatoms. The molecule has 0 radical (unpaired) electrons. The fraction of sp³-hybridized carbons (Fsp3) is 0.348. The number of imidazole rings is 1. The summed E-state index contributed by atoms with van der Waals surface area (Å²) in [5.74, 6) is 0.269. The molecule has 0 saturated carbocycles. The minimum absolute atomic E-state index is 0.269. The van der Waals surface area contributed by atoms with E-state index in [9.17, 15) is 10.4 Å². The molecule has 0 amide bonds. The molecule has 0 bridgehead atoms. The van der Waals surface area contributed by atoms with Crippen molar-refractivity contribution in [3.8, 4) is 17.3 Å². The average molecular weight is 401 g/mol. The van der Waals surface area contributed by atoms with Crippen LogP contribution in [0.25, 0.3) is 27.9 Å². The monoisotopic (exact) mass is 401 g/mol. The van der Waals surface area contributed by atoms with Gasteiger partial charge in [-0.2, -0.15) is 5.26 Å². The summed E-state index contributed by atoms with van der Waals surface area (Å²) in [4.78, 5) is 12.8. The van der Waals surface area contributed by atoms with E-state index in [-0.39, 0.29) is 5.92 Å². The highest BCUT2D eigenvalue weighted by Crippen LogP contribution is 2.36. The van der Waals surface area contributed by atoms with Crippen LogP contribution in [-0.2, 0) is 10.3 Å². The number of fused-ring (bicyclic) bond motifs is 3. The second-order valence-electron chi connectivity index (χ2n) is 8.34. The summed E-state index contributed by atoms with van der Waals surface area (Å²) in [6.07, 6.45) is 5.28. The largest absolute Gasteiger partial charge is 0.386 e. The normalized spacial score (nSPS) is 15.7. The van der Waals surface area contributed by atoms with E-state index in [1.165, 1.54) is 0 Å². The summed E-state index contributed by atoms with van der Waals surface area (Å²) in [5, 5.41) is 19.8. The summed E-state index contributed by atoms with van der Waals surface area (Å²) in [6, 6.07) is 10.1. The Morgan fingerprint density at radius 3 is 2.60 bits per heavy atom. The second kappa shape index (κ2) is 6.94. The smallest absolute Gasteiger partial charge is 0.156 e. The molecule has 5 rings (SSSR count). The number of nitrogens with zero attached hydrogens (tertiary/aromatic N) is 4. The predicted molar refractivity (Wildman–Crippen MR) is 113 cm³/mol. The number of nitriles is 1. The molecule has 1 fully saturated rings. The Bertz CT molecular complexity index is 1270. The number of rotatable bonds is 3. The third-order valence-electron chi connectivity index (χ3n) is 5.91. The Morgan fingerprint density at radius 1 is 1.20 bits per heavy atom. The van der Waals surface area contributed by atoms with E-state index in [0.29, 0.717) is 24.4 Å². The molecule has 7 nitrogen and oxygen atoms in total. The van der Waals surface area contributed by atoms with Gasteiger partial charge in [0, 0.05) is 30.9 Å². The molecule has 30 heavy (non-hydrogen) atoms. The molecule has 4 aromatic rings. The van der Waals surface area contributed by atoms with Gasteiger partial charge >= 0.3 is 0 Å². The summed E-state index contributed by atoms with van der Waals surface area (Å²) in [5.41, 5.74) is 5.63. The summed E-state index contributed by atoms with van der Waals surface area (Å²) >= 11 is 0. The predicted octanol–water partition coefficient (Wildman–Crippen LogP) is 3.87. The maximum absolute atomic E-state index is 10.3. The summed E-state index contributed by atoms with van der Waals surface area (Å²) < 4.78 is 7.55. The fourth-order valence-electron chi connectivity index (χ4n) is 4.26. The van der Waals surface area contributed by atoms with Crippen LogP contribution in [0.4, 0.5) is 0 Å². The highest BCUT2D eigenvalue weighted by Gasteiger charge is 2.26. The average Bonchev–Trinajstić information content (AvgIpc) is 3.37. The number of aromatic nitrogens is 4. The highest BCUT2D eigenvalue weighted by atomic mass is 16.5. The van der Waals surface area contributed by atoms with Crippen molar-refractivity contribution in [2.24, 2.45) is 0 Å². The van der Waals surface area contributed by atoms with Crippen LogP contribution in [0.2, 0.25) is 0 Å². The van der Waals surface area contributed by atoms with Crippen LogP contribution in [0.3, 0.4) is 0 Å². The van der Waals surface area contributed by atoms with Crippen LogP contribution >= 0.6 is 0 Å². The van der Waals surface area contributed by atoms with Gasteiger partial charge in [-0.25, -0.2) is 9.97 Å². The lowest BCUT2D eigenvalue weighted by Crippen LogP contribution is -2.16. The third kappa shape index (κ3) is 2.96. The van der Waals surface area contributed by atoms with Gasteiger partial charge in [0.05, 0.1) is 28.1 Å². The number of hydrogen-bond donors (Lipinski definition) is 2. The van der Waals surface area contributed by atoms with E-state index in [1.54, 1.807) is 26.4 Å². The second-order valence-corrected chi connectivity index (χ2v) is 8.34. The van der Waals surface area contributed by atoms with Crippen molar-refractivity contribution in [2.75, 3.05) is 13.2 Å². The topological polar surface area (TPSA) is 99.2 Å². The van der Waals surface area contributed by atoms with E-state index in [2.05, 4.69) is 11.1 Å². The molecule has 3 aromatic heterocycles. The number of aromatic amines is 1. The molecule has 0 unspecified atom stereocenters. The minimum atomic E-state index is -0.900. The molecule has 1 aliphatic heterocycles. The molecule has 0 aliphatic carbocycles. The minimum Gasteiger partial charge on any atom is -0.386 e. The van der Waals surface area contributed by atoms with Crippen molar-refractivity contribution in [1.82, 2.24) is 19.4 Å². The maximum atomic E-state index is 10.3. The van der Waals surface area contributed by atoms with Gasteiger partial charge in [0.2, 0.25) is 0 Å². The lowest BCUT2D eigenvalue weighted by molar-refractivity contribution is 0.0786. The van der Waals surface area contributed by atoms with Gasteiger partial charge < -0.3 is 14.8 Å². The third-order valence-corrected chi connectivity index (χ3v) is 5.91. The highest BCUT2D eigenvalue weighted by molar-refractivity contribution is 5.88. The first-order chi connectivity index (χ1) is 14.5. The zero-order valence-electron chi connectivity index (χ0n) is 17.0. The Balaban J connectivity index is 1.76. The van der Waals surface area contributed by atoms with Crippen LogP contribution in [0, 0.1) is 11.3 Å². The molecule has 1 aliphatic rings. The number of ether oxygens (including phenoxy) is 1. The first kappa shape index (κ1) is 18.8. The number of benzene rings is 1. The van der Waals surface area contributed by atoms with Gasteiger partial charge in [0.1, 0.15) is 17.9 Å². The number of aliphatic hydroxyl groups is 1. The van der Waals surface area contributed by atoms with Gasteiger partial charge in [0.15, 0.2) is 5.65 Å². The fourth-order valence-corrected chi connectivity index (χ4v) is 4.26. The number of hydrogen-bond acceptors (Lipinski definition) is 5.